The Balaban J connectivity index is 0.000000204. The van der Waals surface area contributed by atoms with Crippen LogP contribution in [0, 0.1) is 0 Å². The number of rotatable bonds is 37. The van der Waals surface area contributed by atoms with E-state index in [1.807, 2.05) is 11.3 Å². The fourth-order valence-corrected chi connectivity index (χ4v) is 41.9. The Bertz CT molecular complexity index is 4280. The number of hydrogen-bond donors (Lipinski definition) is 0. The van der Waals surface area contributed by atoms with Gasteiger partial charge in [0.05, 0.1) is 0 Å². The van der Waals surface area contributed by atoms with Crippen LogP contribution in [0.15, 0.2) is 72.8 Å². The van der Waals surface area contributed by atoms with Gasteiger partial charge in [0.15, 0.2) is 0 Å². The van der Waals surface area contributed by atoms with Crippen LogP contribution in [-0.2, 0) is 28.1 Å². The van der Waals surface area contributed by atoms with Crippen LogP contribution in [0.2, 0.25) is 38.5 Å². The van der Waals surface area contributed by atoms with E-state index in [2.05, 4.69) is 284 Å². The normalized spacial score (nSPS) is 12.3. The molecule has 2 aromatic carbocycles. The first kappa shape index (κ1) is 82.4. The van der Waals surface area contributed by atoms with Crippen molar-refractivity contribution in [2.75, 3.05) is 39.6 Å². The minimum absolute atomic E-state index is 0.326. The molecule has 0 aliphatic rings. The van der Waals surface area contributed by atoms with E-state index >= 15 is 0 Å². The van der Waals surface area contributed by atoms with E-state index in [1.54, 1.807) is 56.1 Å². The molecule has 0 unspecified atom stereocenters. The standard InChI is InChI=1S/C39H42S6.C29H32N2S4.C6H14.2C2H5.6CH3.4Sn/c1-4-6-8-10-12-14-16-26-21-30-32(42-26)23-34(44-30)36-28-18-19-40-38(28)37(29-20-25(3)41-39(29)36)35-24-33-31(45-35)22-27(43-33)17-15-13-11-9-7-5-2;1-19-18-22-27(23-12-11-20(34-23)10-8-6-7-9-16-30(2)3)28-21(15-17-32-28)26(29(22)33-19)24-13-14-25(35-24)31(4)5;1-3-5-6-4-2;2*1-2;;;;;;;;;;/h18,20-24H,3-17H2,1-2H3;11-15,18H,1,6-10,16H2,2-5H3;3-6H2,1-2H3;2*1H2,2H3;6*1H3;;;;. The van der Waals surface area contributed by atoms with Crippen molar-refractivity contribution < 1.29 is 0 Å². The first-order valence-electron chi connectivity index (χ1n) is 38.3. The second-order valence-electron chi connectivity index (χ2n) is 30.3. The molecule has 0 saturated carbocycles. The van der Waals surface area contributed by atoms with Crippen molar-refractivity contribution in [1.82, 2.24) is 4.90 Å². The van der Waals surface area contributed by atoms with E-state index in [1.165, 1.54) is 252 Å². The summed E-state index contributed by atoms with van der Waals surface area (Å²) in [7, 11) is 8.69. The SMILES string of the molecule is CCCCCC.CCCCCCCCc1cc2sc(-c3c4c[c]([Sn]([CH3])([CH3])[CH3])sc4c(-c4cc5sc(CCCCCCCC)cc5s4)c4cc([CH2][Sn][CH2]C)sc34)cc2s1.C[CH2][Sn][CH2]c1cc2c(-c3ccc(CCCCCCN(C)C)s3)c3s[c]([Sn]([CH3])([CH3])[CH3])cc3c(-c3ccc(N(C)C)s3)c2s1. The van der Waals surface area contributed by atoms with Crippen molar-refractivity contribution in [2.24, 2.45) is 0 Å². The molecule has 12 aromatic rings. The monoisotopic (exact) mass is 1950 g/mol. The van der Waals surface area contributed by atoms with E-state index in [4.69, 9.17) is 0 Å². The van der Waals surface area contributed by atoms with Gasteiger partial charge in [0, 0.05) is 0 Å². The number of benzene rings is 2. The molecular formula is C84H116N2S10Sn4. The number of aryl methyl sites for hydroxylation is 3. The van der Waals surface area contributed by atoms with Crippen LogP contribution in [-0.4, -0.2) is 119 Å². The molecule has 10 heterocycles. The maximum atomic E-state index is 2.68. The number of hydrogen-bond acceptors (Lipinski definition) is 12. The zero-order valence-corrected chi connectivity index (χ0v) is 83.3. The molecule has 0 saturated heterocycles. The molecule has 2 nitrogen and oxygen atoms in total. The predicted octanol–water partition coefficient (Wildman–Crippen LogP) is 30.1. The summed E-state index contributed by atoms with van der Waals surface area (Å²) >= 11 is 15.5. The van der Waals surface area contributed by atoms with E-state index in [-0.39, 0.29) is 42.3 Å². The summed E-state index contributed by atoms with van der Waals surface area (Å²) in [4.78, 5) is 34.0. The fourth-order valence-electron chi connectivity index (χ4n) is 13.4. The molecule has 12 rings (SSSR count). The van der Waals surface area contributed by atoms with Gasteiger partial charge < -0.3 is 4.90 Å². The van der Waals surface area contributed by atoms with Gasteiger partial charge in [0.2, 0.25) is 0 Å². The first-order valence-corrected chi connectivity index (χ1v) is 74.5. The fraction of sp³-hybridized carbons (Fsp3) is 0.524. The third-order valence-electron chi connectivity index (χ3n) is 19.1. The summed E-state index contributed by atoms with van der Waals surface area (Å²) < 4.78 is 21.1. The zero-order valence-electron chi connectivity index (χ0n) is 63.7. The van der Waals surface area contributed by atoms with Crippen molar-refractivity contribution in [3.8, 4) is 41.8 Å². The van der Waals surface area contributed by atoms with E-state index in [0.717, 1.165) is 0 Å². The van der Waals surface area contributed by atoms with Crippen molar-refractivity contribution in [3.05, 3.63) is 97.2 Å². The van der Waals surface area contributed by atoms with Gasteiger partial charge in [-0.3, -0.25) is 0 Å². The van der Waals surface area contributed by atoms with Gasteiger partial charge >= 0.3 is 552 Å². The molecule has 10 aromatic heterocycles. The Labute approximate surface area is 673 Å². The molecular weight excluding hydrogens is 1830 g/mol. The van der Waals surface area contributed by atoms with Gasteiger partial charge in [-0.25, -0.2) is 0 Å². The quantitative estimate of drug-likeness (QED) is 0.0283. The molecule has 0 bridgehead atoms. The van der Waals surface area contributed by atoms with Crippen LogP contribution in [0.1, 0.15) is 194 Å². The number of thiophene rings is 10. The molecule has 0 atom stereocenters. The average molecular weight is 1950 g/mol. The summed E-state index contributed by atoms with van der Waals surface area (Å²) in [5, 5.41) is 7.44. The Morgan fingerprint density at radius 3 is 1.10 bits per heavy atom. The molecule has 0 spiro atoms. The Morgan fingerprint density at radius 1 is 0.320 bits per heavy atom. The molecule has 16 heteroatoms. The summed E-state index contributed by atoms with van der Waals surface area (Å²) in [6.45, 7) is 15.1. The van der Waals surface area contributed by atoms with Crippen molar-refractivity contribution in [2.45, 2.75) is 237 Å². The summed E-state index contributed by atoms with van der Waals surface area (Å²) in [6.07, 6.45) is 31.0. The van der Waals surface area contributed by atoms with E-state index < -0.39 is 36.8 Å². The molecule has 4 radical (unpaired) electrons. The van der Waals surface area contributed by atoms with E-state index in [9.17, 15) is 0 Å². The van der Waals surface area contributed by atoms with Crippen LogP contribution in [0.25, 0.3) is 101 Å². The molecule has 0 aliphatic heterocycles. The molecule has 100 heavy (non-hydrogen) atoms. The third kappa shape index (κ3) is 21.7. The van der Waals surface area contributed by atoms with Gasteiger partial charge in [-0.05, 0) is 20.6 Å². The molecule has 0 fully saturated rings. The van der Waals surface area contributed by atoms with Crippen molar-refractivity contribution in [1.29, 1.82) is 0 Å². The predicted molar refractivity (Wildman–Crippen MR) is 483 cm³/mol. The zero-order chi connectivity index (χ0) is 71.1. The second kappa shape index (κ2) is 40.1. The van der Waals surface area contributed by atoms with Crippen LogP contribution >= 0.6 is 113 Å². The Hall–Kier alpha value is -0.0452. The first-order chi connectivity index (χ1) is 48.2. The second-order valence-corrected chi connectivity index (χ2v) is 81.1. The summed E-state index contributed by atoms with van der Waals surface area (Å²) in [6, 6.07) is 30.4. The van der Waals surface area contributed by atoms with Crippen LogP contribution in [0.5, 0.6) is 0 Å². The molecule has 0 N–H and O–H groups in total. The van der Waals surface area contributed by atoms with Gasteiger partial charge in [-0.15, -0.1) is 0 Å². The average Bonchev–Trinajstić information content (AvgIpc) is 1.56. The maximum absolute atomic E-state index is 2.68. The molecule has 0 aliphatic carbocycles. The number of nitrogens with zero attached hydrogens (tertiary/aromatic N) is 2. The van der Waals surface area contributed by atoms with Gasteiger partial charge in [0.25, 0.3) is 0 Å². The number of unbranched alkanes of at least 4 members (excludes halogenated alkanes) is 16. The number of anilines is 1. The van der Waals surface area contributed by atoms with Gasteiger partial charge in [-0.2, -0.15) is 0 Å². The Kier molecular flexibility index (Phi) is 33.0. The van der Waals surface area contributed by atoms with Crippen molar-refractivity contribution in [3.63, 3.8) is 0 Å². The van der Waals surface area contributed by atoms with Gasteiger partial charge in [0.1, 0.15) is 0 Å². The topological polar surface area (TPSA) is 6.48 Å². The summed E-state index contributed by atoms with van der Waals surface area (Å²) in [5.74, 6) is 0. The molecule has 0 amide bonds. The van der Waals surface area contributed by atoms with Crippen LogP contribution in [0.3, 0.4) is 0 Å². The van der Waals surface area contributed by atoms with Crippen LogP contribution in [0.4, 0.5) is 5.00 Å². The Morgan fingerprint density at radius 2 is 0.690 bits per heavy atom. The third-order valence-corrected chi connectivity index (χ3v) is 57.6. The summed E-state index contributed by atoms with van der Waals surface area (Å²) in [5.41, 5.74) is 6.14. The minimum atomic E-state index is -2.34. The van der Waals surface area contributed by atoms with Gasteiger partial charge in [-0.1, -0.05) is 105 Å². The van der Waals surface area contributed by atoms with E-state index in [0.29, 0.717) is 0 Å². The van der Waals surface area contributed by atoms with Crippen LogP contribution < -0.4 is 10.7 Å². The number of fused-ring (bicyclic) bond motifs is 6. The van der Waals surface area contributed by atoms with Crippen molar-refractivity contribution >= 4 is 262 Å². The molecule has 538 valence electrons.